The molecule has 1 aliphatic carbocycles. The van der Waals surface area contributed by atoms with E-state index in [2.05, 4.69) is 10.2 Å². The second kappa shape index (κ2) is 7.09. The SMILES string of the molecule is O=C(c1cccn2cnnc12)N1CCCC12CCCN(C1CCC(O)CC1)C2=O. The molecule has 0 bridgehead atoms. The molecule has 2 aromatic heterocycles. The topological polar surface area (TPSA) is 91.0 Å². The molecular weight excluding hydrogens is 370 g/mol. The van der Waals surface area contributed by atoms with Crippen molar-refractivity contribution in [3.63, 3.8) is 0 Å². The summed E-state index contributed by atoms with van der Waals surface area (Å²) in [6.07, 6.45) is 9.53. The van der Waals surface area contributed by atoms with Gasteiger partial charge in [-0.2, -0.15) is 0 Å². The number of aliphatic hydroxyl groups is 1. The van der Waals surface area contributed by atoms with Gasteiger partial charge in [0.05, 0.1) is 11.7 Å². The number of fused-ring (bicyclic) bond motifs is 1. The van der Waals surface area contributed by atoms with E-state index in [0.29, 0.717) is 17.8 Å². The Kier molecular flexibility index (Phi) is 4.53. The summed E-state index contributed by atoms with van der Waals surface area (Å²) in [7, 11) is 0. The maximum absolute atomic E-state index is 13.7. The van der Waals surface area contributed by atoms with E-state index in [-0.39, 0.29) is 24.0 Å². The third-order valence-electron chi connectivity index (χ3n) is 7.04. The van der Waals surface area contributed by atoms with E-state index < -0.39 is 5.54 Å². The van der Waals surface area contributed by atoms with Gasteiger partial charge in [-0.15, -0.1) is 10.2 Å². The standard InChI is InChI=1S/C21H27N5O3/c27-16-7-5-15(6-8-16)25-12-2-9-21(20(25)29)10-3-13-26(21)19(28)17-4-1-11-24-14-22-23-18(17)24/h1,4,11,14-16,27H,2-3,5-10,12-13H2. The number of hydrogen-bond acceptors (Lipinski definition) is 5. The third-order valence-corrected chi connectivity index (χ3v) is 7.04. The number of likely N-dealkylation sites (tertiary alicyclic amines) is 2. The predicted molar refractivity (Wildman–Crippen MR) is 105 cm³/mol. The highest BCUT2D eigenvalue weighted by molar-refractivity contribution is 6.03. The maximum Gasteiger partial charge on any atom is 0.258 e. The minimum Gasteiger partial charge on any atom is -0.393 e. The molecule has 29 heavy (non-hydrogen) atoms. The van der Waals surface area contributed by atoms with Crippen molar-refractivity contribution in [2.75, 3.05) is 13.1 Å². The van der Waals surface area contributed by atoms with E-state index in [9.17, 15) is 14.7 Å². The highest BCUT2D eigenvalue weighted by Gasteiger charge is 2.54. The largest absolute Gasteiger partial charge is 0.393 e. The number of carbonyl (C=O) groups is 2. The molecule has 2 aliphatic heterocycles. The van der Waals surface area contributed by atoms with Gasteiger partial charge in [0.2, 0.25) is 5.91 Å². The smallest absolute Gasteiger partial charge is 0.258 e. The van der Waals surface area contributed by atoms with Gasteiger partial charge in [-0.05, 0) is 63.5 Å². The van der Waals surface area contributed by atoms with Gasteiger partial charge in [-0.3, -0.25) is 14.0 Å². The van der Waals surface area contributed by atoms with E-state index in [1.54, 1.807) is 16.8 Å². The summed E-state index contributed by atoms with van der Waals surface area (Å²) in [5.41, 5.74) is 0.288. The molecule has 154 valence electrons. The molecule has 5 rings (SSSR count). The fraction of sp³-hybridized carbons (Fsp3) is 0.619. The first-order valence-electron chi connectivity index (χ1n) is 10.7. The van der Waals surface area contributed by atoms with Crippen LogP contribution in [0.1, 0.15) is 61.7 Å². The van der Waals surface area contributed by atoms with Crippen LogP contribution in [0.15, 0.2) is 24.7 Å². The Bertz CT molecular complexity index is 935. The highest BCUT2D eigenvalue weighted by Crippen LogP contribution is 2.41. The van der Waals surface area contributed by atoms with Crippen LogP contribution in [0, 0.1) is 0 Å². The lowest BCUT2D eigenvalue weighted by molar-refractivity contribution is -0.149. The molecule has 3 fully saturated rings. The first-order valence-corrected chi connectivity index (χ1v) is 10.7. The molecule has 0 aromatic carbocycles. The summed E-state index contributed by atoms with van der Waals surface area (Å²) in [5.74, 6) is -0.0280. The summed E-state index contributed by atoms with van der Waals surface area (Å²) in [6, 6.07) is 3.77. The molecule has 1 saturated carbocycles. The Hall–Kier alpha value is -2.48. The van der Waals surface area contributed by atoms with Gasteiger partial charge in [0, 0.05) is 25.3 Å². The van der Waals surface area contributed by atoms with Crippen molar-refractivity contribution in [3.05, 3.63) is 30.2 Å². The summed E-state index contributed by atoms with van der Waals surface area (Å²) >= 11 is 0. The number of hydrogen-bond donors (Lipinski definition) is 1. The number of rotatable bonds is 2. The molecule has 1 N–H and O–H groups in total. The number of carbonyl (C=O) groups excluding carboxylic acids is 2. The van der Waals surface area contributed by atoms with Crippen molar-refractivity contribution in [2.24, 2.45) is 0 Å². The Morgan fingerprint density at radius 2 is 1.90 bits per heavy atom. The summed E-state index contributed by atoms with van der Waals surface area (Å²) in [4.78, 5) is 31.1. The van der Waals surface area contributed by atoms with Crippen molar-refractivity contribution in [2.45, 2.75) is 69.1 Å². The molecule has 4 heterocycles. The molecule has 2 aromatic rings. The number of nitrogens with zero attached hydrogens (tertiary/aromatic N) is 5. The zero-order valence-corrected chi connectivity index (χ0v) is 16.5. The molecule has 8 heteroatoms. The quantitative estimate of drug-likeness (QED) is 0.832. The van der Waals surface area contributed by atoms with Crippen LogP contribution in [-0.4, -0.2) is 72.1 Å². The number of piperidine rings is 1. The Morgan fingerprint density at radius 3 is 2.69 bits per heavy atom. The first-order chi connectivity index (χ1) is 14.1. The molecule has 1 atom stereocenters. The van der Waals surface area contributed by atoms with Crippen LogP contribution in [-0.2, 0) is 4.79 Å². The summed E-state index contributed by atoms with van der Waals surface area (Å²) in [5, 5.41) is 17.9. The number of amides is 2. The van der Waals surface area contributed by atoms with Gasteiger partial charge in [0.15, 0.2) is 5.65 Å². The van der Waals surface area contributed by atoms with Crippen LogP contribution < -0.4 is 0 Å². The maximum atomic E-state index is 13.7. The van der Waals surface area contributed by atoms with Gasteiger partial charge in [0.1, 0.15) is 11.9 Å². The number of aliphatic hydroxyl groups excluding tert-OH is 1. The number of pyridine rings is 1. The molecular formula is C21H27N5O3. The second-order valence-corrected chi connectivity index (χ2v) is 8.64. The average Bonchev–Trinajstić information content (AvgIpc) is 3.38. The second-order valence-electron chi connectivity index (χ2n) is 8.64. The van der Waals surface area contributed by atoms with Crippen molar-refractivity contribution < 1.29 is 14.7 Å². The lowest BCUT2D eigenvalue weighted by Crippen LogP contribution is -2.63. The van der Waals surface area contributed by atoms with Crippen LogP contribution >= 0.6 is 0 Å². The van der Waals surface area contributed by atoms with Crippen LogP contribution in [0.25, 0.3) is 5.65 Å². The molecule has 2 amide bonds. The minimum absolute atomic E-state index is 0.101. The van der Waals surface area contributed by atoms with Crippen molar-refractivity contribution >= 4 is 17.5 Å². The lowest BCUT2D eigenvalue weighted by Gasteiger charge is -2.48. The summed E-state index contributed by atoms with van der Waals surface area (Å²) in [6.45, 7) is 1.35. The highest BCUT2D eigenvalue weighted by atomic mass is 16.3. The molecule has 8 nitrogen and oxygen atoms in total. The zero-order valence-electron chi connectivity index (χ0n) is 16.5. The van der Waals surface area contributed by atoms with Gasteiger partial charge < -0.3 is 14.9 Å². The fourth-order valence-electron chi connectivity index (χ4n) is 5.56. The van der Waals surface area contributed by atoms with Crippen molar-refractivity contribution in [3.8, 4) is 0 Å². The van der Waals surface area contributed by atoms with Gasteiger partial charge in [-0.25, -0.2) is 0 Å². The van der Waals surface area contributed by atoms with E-state index in [0.717, 1.165) is 57.9 Å². The van der Waals surface area contributed by atoms with Crippen LogP contribution in [0.2, 0.25) is 0 Å². The zero-order chi connectivity index (χ0) is 20.0. The Morgan fingerprint density at radius 1 is 1.14 bits per heavy atom. The molecule has 1 spiro atoms. The van der Waals surface area contributed by atoms with Crippen LogP contribution in [0.3, 0.4) is 0 Å². The Labute approximate surface area is 169 Å². The van der Waals surface area contributed by atoms with E-state index in [4.69, 9.17) is 0 Å². The lowest BCUT2D eigenvalue weighted by atomic mass is 9.82. The molecule has 3 aliphatic rings. The van der Waals surface area contributed by atoms with Gasteiger partial charge in [-0.1, -0.05) is 0 Å². The van der Waals surface area contributed by atoms with Gasteiger partial charge >= 0.3 is 0 Å². The molecule has 0 radical (unpaired) electrons. The van der Waals surface area contributed by atoms with Crippen LogP contribution in [0.4, 0.5) is 0 Å². The normalized spacial score (nSPS) is 30.4. The third kappa shape index (κ3) is 2.92. The van der Waals surface area contributed by atoms with E-state index >= 15 is 0 Å². The monoisotopic (exact) mass is 397 g/mol. The van der Waals surface area contributed by atoms with E-state index in [1.807, 2.05) is 22.1 Å². The van der Waals surface area contributed by atoms with E-state index in [1.165, 1.54) is 0 Å². The fourth-order valence-corrected chi connectivity index (χ4v) is 5.56. The van der Waals surface area contributed by atoms with Crippen molar-refractivity contribution in [1.29, 1.82) is 0 Å². The van der Waals surface area contributed by atoms with Gasteiger partial charge in [0.25, 0.3) is 5.91 Å². The summed E-state index contributed by atoms with van der Waals surface area (Å²) < 4.78 is 1.73. The van der Waals surface area contributed by atoms with Crippen molar-refractivity contribution in [1.82, 2.24) is 24.4 Å². The predicted octanol–water partition coefficient (Wildman–Crippen LogP) is 1.63. The molecule has 1 unspecified atom stereocenters. The first kappa shape index (κ1) is 18.5. The average molecular weight is 397 g/mol. The Balaban J connectivity index is 1.45. The minimum atomic E-state index is -0.738. The number of aromatic nitrogens is 3. The molecule has 2 saturated heterocycles. The van der Waals surface area contributed by atoms with Crippen LogP contribution in [0.5, 0.6) is 0 Å².